The van der Waals surface area contributed by atoms with Gasteiger partial charge in [-0.15, -0.1) is 0 Å². The molecule has 0 aliphatic carbocycles. The third-order valence-corrected chi connectivity index (χ3v) is 4.88. The van der Waals surface area contributed by atoms with E-state index in [0.29, 0.717) is 36.0 Å². The number of nitrogens with one attached hydrogen (secondary N) is 1. The Hall–Kier alpha value is -2.83. The Kier molecular flexibility index (Phi) is 6.68. The van der Waals surface area contributed by atoms with Crippen molar-refractivity contribution in [3.8, 4) is 11.5 Å². The SMILES string of the molecule is COc1ccc(CCNC(=O)c2cc(N3CCCCC3)nc(C)n2)cc1OC. The van der Waals surface area contributed by atoms with Crippen molar-refractivity contribution in [2.45, 2.75) is 32.6 Å². The van der Waals surface area contributed by atoms with E-state index < -0.39 is 0 Å². The molecule has 0 spiro atoms. The number of hydrogen-bond acceptors (Lipinski definition) is 6. The highest BCUT2D eigenvalue weighted by Crippen LogP contribution is 2.27. The average molecular weight is 384 g/mol. The number of rotatable bonds is 7. The molecular formula is C21H28N4O3. The number of aromatic nitrogens is 2. The third-order valence-electron chi connectivity index (χ3n) is 4.88. The second-order valence-electron chi connectivity index (χ2n) is 6.90. The zero-order valence-corrected chi connectivity index (χ0v) is 16.8. The summed E-state index contributed by atoms with van der Waals surface area (Å²) in [7, 11) is 3.22. The molecule has 0 unspecified atom stereocenters. The van der Waals surface area contributed by atoms with Crippen LogP contribution in [-0.4, -0.2) is 49.7 Å². The monoisotopic (exact) mass is 384 g/mol. The lowest BCUT2D eigenvalue weighted by molar-refractivity contribution is 0.0948. The minimum absolute atomic E-state index is 0.177. The normalized spacial score (nSPS) is 13.9. The summed E-state index contributed by atoms with van der Waals surface area (Å²) < 4.78 is 10.6. The number of anilines is 1. The van der Waals surface area contributed by atoms with E-state index in [1.165, 1.54) is 6.42 Å². The highest BCUT2D eigenvalue weighted by Gasteiger charge is 2.16. The van der Waals surface area contributed by atoms with Crippen LogP contribution in [0.1, 0.15) is 41.1 Å². The molecule has 2 aromatic rings. The summed E-state index contributed by atoms with van der Waals surface area (Å²) in [5.41, 5.74) is 1.48. The van der Waals surface area contributed by atoms with E-state index in [4.69, 9.17) is 9.47 Å². The topological polar surface area (TPSA) is 76.6 Å². The summed E-state index contributed by atoms with van der Waals surface area (Å²) in [5.74, 6) is 2.66. The van der Waals surface area contributed by atoms with E-state index >= 15 is 0 Å². The molecule has 1 amide bonds. The number of ether oxygens (including phenoxy) is 2. The molecule has 0 radical (unpaired) electrons. The molecule has 0 atom stereocenters. The van der Waals surface area contributed by atoms with E-state index in [2.05, 4.69) is 20.2 Å². The van der Waals surface area contributed by atoms with Gasteiger partial charge in [-0.2, -0.15) is 0 Å². The lowest BCUT2D eigenvalue weighted by Crippen LogP contribution is -2.32. The quantitative estimate of drug-likeness (QED) is 0.791. The molecule has 0 bridgehead atoms. The molecule has 1 fully saturated rings. The molecule has 7 nitrogen and oxygen atoms in total. The van der Waals surface area contributed by atoms with Crippen molar-refractivity contribution in [2.75, 3.05) is 38.8 Å². The van der Waals surface area contributed by atoms with Crippen molar-refractivity contribution in [1.82, 2.24) is 15.3 Å². The molecule has 0 saturated carbocycles. The molecule has 1 saturated heterocycles. The van der Waals surface area contributed by atoms with E-state index in [-0.39, 0.29) is 5.91 Å². The van der Waals surface area contributed by atoms with E-state index in [1.54, 1.807) is 20.3 Å². The maximum absolute atomic E-state index is 12.6. The van der Waals surface area contributed by atoms with Crippen LogP contribution in [0.2, 0.25) is 0 Å². The van der Waals surface area contributed by atoms with E-state index in [9.17, 15) is 4.79 Å². The minimum atomic E-state index is -0.177. The first-order valence-corrected chi connectivity index (χ1v) is 9.70. The minimum Gasteiger partial charge on any atom is -0.493 e. The van der Waals surface area contributed by atoms with E-state index in [0.717, 1.165) is 37.3 Å². The van der Waals surface area contributed by atoms with Gasteiger partial charge in [-0.05, 0) is 50.3 Å². The number of piperidine rings is 1. The van der Waals surface area contributed by atoms with Gasteiger partial charge in [-0.25, -0.2) is 9.97 Å². The molecule has 28 heavy (non-hydrogen) atoms. The van der Waals surface area contributed by atoms with Crippen molar-refractivity contribution in [3.63, 3.8) is 0 Å². The number of carbonyl (C=O) groups is 1. The van der Waals surface area contributed by atoms with Crippen LogP contribution in [0.5, 0.6) is 11.5 Å². The van der Waals surface area contributed by atoms with Crippen molar-refractivity contribution < 1.29 is 14.3 Å². The van der Waals surface area contributed by atoms with Crippen LogP contribution in [0.15, 0.2) is 24.3 Å². The number of methoxy groups -OCH3 is 2. The molecular weight excluding hydrogens is 356 g/mol. The zero-order valence-electron chi connectivity index (χ0n) is 16.8. The summed E-state index contributed by atoms with van der Waals surface area (Å²) >= 11 is 0. The fraction of sp³-hybridized carbons (Fsp3) is 0.476. The Morgan fingerprint density at radius 2 is 1.82 bits per heavy atom. The molecule has 1 aromatic carbocycles. The second kappa shape index (κ2) is 9.39. The number of aryl methyl sites for hydroxylation is 1. The number of carbonyl (C=O) groups excluding carboxylic acids is 1. The van der Waals surface area contributed by atoms with Crippen molar-refractivity contribution in [1.29, 1.82) is 0 Å². The van der Waals surface area contributed by atoms with Crippen LogP contribution in [0, 0.1) is 6.92 Å². The Morgan fingerprint density at radius 3 is 2.54 bits per heavy atom. The van der Waals surface area contributed by atoms with Gasteiger partial charge in [0.2, 0.25) is 0 Å². The van der Waals surface area contributed by atoms with Gasteiger partial charge in [0.25, 0.3) is 5.91 Å². The maximum atomic E-state index is 12.6. The molecule has 2 heterocycles. The molecule has 7 heteroatoms. The number of hydrogen-bond donors (Lipinski definition) is 1. The first kappa shape index (κ1) is 19.9. The second-order valence-corrected chi connectivity index (χ2v) is 6.90. The largest absolute Gasteiger partial charge is 0.493 e. The van der Waals surface area contributed by atoms with Crippen LogP contribution in [0.4, 0.5) is 5.82 Å². The Bertz CT molecular complexity index is 819. The number of amides is 1. The van der Waals surface area contributed by atoms with Crippen LogP contribution >= 0.6 is 0 Å². The number of benzene rings is 1. The van der Waals surface area contributed by atoms with Crippen LogP contribution < -0.4 is 19.7 Å². The van der Waals surface area contributed by atoms with Gasteiger partial charge in [0.1, 0.15) is 17.3 Å². The van der Waals surface area contributed by atoms with Crippen LogP contribution in [-0.2, 0) is 6.42 Å². The Morgan fingerprint density at radius 1 is 1.07 bits per heavy atom. The molecule has 1 N–H and O–H groups in total. The van der Waals surface area contributed by atoms with Gasteiger partial charge < -0.3 is 19.7 Å². The predicted octanol–water partition coefficient (Wildman–Crippen LogP) is 2.77. The fourth-order valence-electron chi connectivity index (χ4n) is 3.40. The summed E-state index contributed by atoms with van der Waals surface area (Å²) in [6, 6.07) is 7.56. The van der Waals surface area contributed by atoms with Crippen LogP contribution in [0.25, 0.3) is 0 Å². The molecule has 1 aliphatic rings. The summed E-state index contributed by atoms with van der Waals surface area (Å²) in [6.07, 6.45) is 4.27. The van der Waals surface area contributed by atoms with Gasteiger partial charge in [-0.3, -0.25) is 4.79 Å². The Balaban J connectivity index is 1.61. The Labute approximate surface area is 166 Å². The van der Waals surface area contributed by atoms with Gasteiger partial charge >= 0.3 is 0 Å². The fourth-order valence-corrected chi connectivity index (χ4v) is 3.40. The predicted molar refractivity (Wildman–Crippen MR) is 108 cm³/mol. The molecule has 3 rings (SSSR count). The summed E-state index contributed by atoms with van der Waals surface area (Å²) in [6.45, 7) is 4.30. The molecule has 150 valence electrons. The molecule has 1 aliphatic heterocycles. The first-order valence-electron chi connectivity index (χ1n) is 9.70. The van der Waals surface area contributed by atoms with Gasteiger partial charge in [0, 0.05) is 25.7 Å². The lowest BCUT2D eigenvalue weighted by Gasteiger charge is -2.28. The van der Waals surface area contributed by atoms with Crippen molar-refractivity contribution in [3.05, 3.63) is 41.3 Å². The maximum Gasteiger partial charge on any atom is 0.270 e. The standard InChI is InChI=1S/C21H28N4O3/c1-15-23-17(14-20(24-15)25-11-5-4-6-12-25)21(26)22-10-9-16-7-8-18(27-2)19(13-16)28-3/h7-8,13-14H,4-6,9-12H2,1-3H3,(H,22,26). The van der Waals surface area contributed by atoms with E-state index in [1.807, 2.05) is 25.1 Å². The number of nitrogens with zero attached hydrogens (tertiary/aromatic N) is 3. The van der Waals surface area contributed by atoms with Crippen molar-refractivity contribution in [2.24, 2.45) is 0 Å². The third kappa shape index (κ3) is 4.91. The molecule has 1 aromatic heterocycles. The smallest absolute Gasteiger partial charge is 0.270 e. The van der Waals surface area contributed by atoms with Gasteiger partial charge in [0.05, 0.1) is 14.2 Å². The highest BCUT2D eigenvalue weighted by molar-refractivity contribution is 5.93. The summed E-state index contributed by atoms with van der Waals surface area (Å²) in [5, 5.41) is 2.95. The van der Waals surface area contributed by atoms with Crippen LogP contribution in [0.3, 0.4) is 0 Å². The first-order chi connectivity index (χ1) is 13.6. The zero-order chi connectivity index (χ0) is 19.9. The van der Waals surface area contributed by atoms with Crippen molar-refractivity contribution >= 4 is 11.7 Å². The lowest BCUT2D eigenvalue weighted by atomic mass is 10.1. The highest BCUT2D eigenvalue weighted by atomic mass is 16.5. The van der Waals surface area contributed by atoms with Gasteiger partial charge in [-0.1, -0.05) is 6.07 Å². The van der Waals surface area contributed by atoms with Gasteiger partial charge in [0.15, 0.2) is 11.5 Å². The summed E-state index contributed by atoms with van der Waals surface area (Å²) in [4.78, 5) is 23.6. The average Bonchev–Trinajstić information content (AvgIpc) is 2.73.